The van der Waals surface area contributed by atoms with Gasteiger partial charge in [0.25, 0.3) is 0 Å². The summed E-state index contributed by atoms with van der Waals surface area (Å²) >= 11 is 6.04. The first-order valence-corrected chi connectivity index (χ1v) is 12.2. The number of hydrogen-bond acceptors (Lipinski definition) is 1. The van der Waals surface area contributed by atoms with Crippen molar-refractivity contribution in [1.29, 1.82) is 0 Å². The zero-order valence-electron chi connectivity index (χ0n) is 19.2. The Morgan fingerprint density at radius 1 is 1.06 bits per heavy atom. The molecule has 2 aromatic carbocycles. The van der Waals surface area contributed by atoms with Gasteiger partial charge < -0.3 is 14.8 Å². The summed E-state index contributed by atoms with van der Waals surface area (Å²) in [6, 6.07) is 15.8. The van der Waals surface area contributed by atoms with Gasteiger partial charge in [0.1, 0.15) is 0 Å². The third-order valence-electron chi connectivity index (χ3n) is 6.70. The highest BCUT2D eigenvalue weighted by atomic mass is 32.1. The molecule has 0 saturated heterocycles. The van der Waals surface area contributed by atoms with Gasteiger partial charge in [-0.3, -0.25) is 0 Å². The highest BCUT2D eigenvalue weighted by Gasteiger charge is 2.24. The second kappa shape index (κ2) is 9.86. The molecule has 1 aliphatic rings. The highest BCUT2D eigenvalue weighted by Crippen LogP contribution is 2.28. The van der Waals surface area contributed by atoms with Crippen molar-refractivity contribution in [2.75, 3.05) is 5.32 Å². The Morgan fingerprint density at radius 3 is 2.52 bits per heavy atom. The van der Waals surface area contributed by atoms with E-state index in [0.29, 0.717) is 6.04 Å². The lowest BCUT2D eigenvalue weighted by atomic mass is 10.1. The number of benzene rings is 2. The normalized spacial score (nSPS) is 15.1. The van der Waals surface area contributed by atoms with Crippen molar-refractivity contribution in [3.05, 3.63) is 65.4 Å². The number of hydrogen-bond donors (Lipinski definition) is 1. The Kier molecular flexibility index (Phi) is 6.96. The monoisotopic (exact) mass is 433 g/mol. The average molecular weight is 434 g/mol. The lowest BCUT2D eigenvalue weighted by Crippen LogP contribution is -2.42. The molecule has 164 valence electrons. The van der Waals surface area contributed by atoms with E-state index in [1.165, 1.54) is 66.1 Å². The molecule has 31 heavy (non-hydrogen) atoms. The van der Waals surface area contributed by atoms with E-state index in [4.69, 9.17) is 12.2 Å². The van der Waals surface area contributed by atoms with Crippen molar-refractivity contribution in [3.8, 4) is 0 Å². The molecule has 0 bridgehead atoms. The van der Waals surface area contributed by atoms with Crippen LogP contribution in [0.2, 0.25) is 0 Å². The van der Waals surface area contributed by atoms with E-state index in [1.807, 2.05) is 0 Å². The van der Waals surface area contributed by atoms with Crippen LogP contribution in [-0.4, -0.2) is 20.6 Å². The summed E-state index contributed by atoms with van der Waals surface area (Å²) in [5.41, 5.74) is 6.32. The fourth-order valence-corrected chi connectivity index (χ4v) is 5.29. The molecule has 0 spiro atoms. The van der Waals surface area contributed by atoms with E-state index in [9.17, 15) is 0 Å². The van der Waals surface area contributed by atoms with Crippen LogP contribution in [0.3, 0.4) is 0 Å². The van der Waals surface area contributed by atoms with Gasteiger partial charge in [0.05, 0.1) is 0 Å². The smallest absolute Gasteiger partial charge is 0.173 e. The molecule has 1 heterocycles. The predicted octanol–water partition coefficient (Wildman–Crippen LogP) is 7.20. The molecule has 1 saturated carbocycles. The molecule has 0 radical (unpaired) electrons. The molecule has 4 heteroatoms. The van der Waals surface area contributed by atoms with E-state index in [0.717, 1.165) is 23.9 Å². The van der Waals surface area contributed by atoms with Crippen LogP contribution in [0.1, 0.15) is 62.1 Å². The minimum atomic E-state index is 0.497. The SMILES string of the molecule is CCn1cc(CN(C(=S)Nc2ccc(C)cc2C)C2CCCCCC2)c2ccccc21. The number of aryl methyl sites for hydroxylation is 3. The van der Waals surface area contributed by atoms with Crippen molar-refractivity contribution < 1.29 is 0 Å². The number of para-hydroxylation sites is 1. The first kappa shape index (κ1) is 21.9. The molecule has 0 aliphatic heterocycles. The standard InChI is InChI=1S/C27H35N3S/c1-4-29-18-22(24-13-9-10-14-26(24)29)19-30(23-11-7-5-6-8-12-23)27(31)28-25-16-15-20(2)17-21(25)3/h9-10,13-18,23H,4-8,11-12,19H2,1-3H3,(H,28,31). The van der Waals surface area contributed by atoms with Crippen molar-refractivity contribution in [3.63, 3.8) is 0 Å². The molecule has 1 N–H and O–H groups in total. The van der Waals surface area contributed by atoms with Gasteiger partial charge in [0.2, 0.25) is 0 Å². The molecule has 0 amide bonds. The first-order chi connectivity index (χ1) is 15.1. The molecule has 1 aromatic heterocycles. The molecule has 0 unspecified atom stereocenters. The van der Waals surface area contributed by atoms with Gasteiger partial charge in [0, 0.05) is 41.9 Å². The summed E-state index contributed by atoms with van der Waals surface area (Å²) in [5, 5.41) is 5.79. The van der Waals surface area contributed by atoms with Crippen LogP contribution in [0.15, 0.2) is 48.7 Å². The number of fused-ring (bicyclic) bond motifs is 1. The van der Waals surface area contributed by atoms with Crippen LogP contribution in [0.5, 0.6) is 0 Å². The second-order valence-corrected chi connectivity index (χ2v) is 9.37. The second-order valence-electron chi connectivity index (χ2n) is 8.98. The molecule has 1 aliphatic carbocycles. The minimum absolute atomic E-state index is 0.497. The molecular formula is C27H35N3S. The zero-order valence-corrected chi connectivity index (χ0v) is 20.0. The lowest BCUT2D eigenvalue weighted by Gasteiger charge is -2.34. The summed E-state index contributed by atoms with van der Waals surface area (Å²) in [5.74, 6) is 0. The van der Waals surface area contributed by atoms with Gasteiger partial charge in [-0.2, -0.15) is 0 Å². The molecule has 4 rings (SSSR count). The summed E-state index contributed by atoms with van der Waals surface area (Å²) in [4.78, 5) is 2.47. The van der Waals surface area contributed by atoms with Crippen LogP contribution in [0.4, 0.5) is 5.69 Å². The minimum Gasteiger partial charge on any atom is -0.347 e. The quantitative estimate of drug-likeness (QED) is 0.339. The topological polar surface area (TPSA) is 20.2 Å². The highest BCUT2D eigenvalue weighted by molar-refractivity contribution is 7.80. The van der Waals surface area contributed by atoms with Crippen molar-refractivity contribution in [1.82, 2.24) is 9.47 Å². The van der Waals surface area contributed by atoms with E-state index in [2.05, 4.69) is 84.2 Å². The summed E-state index contributed by atoms with van der Waals surface area (Å²) < 4.78 is 2.36. The summed E-state index contributed by atoms with van der Waals surface area (Å²) in [7, 11) is 0. The molecule has 3 nitrogen and oxygen atoms in total. The van der Waals surface area contributed by atoms with Crippen LogP contribution in [0.25, 0.3) is 10.9 Å². The Morgan fingerprint density at radius 2 is 1.81 bits per heavy atom. The van der Waals surface area contributed by atoms with Crippen molar-refractivity contribution in [2.45, 2.75) is 78.4 Å². The van der Waals surface area contributed by atoms with E-state index in [-0.39, 0.29) is 0 Å². The fourth-order valence-electron chi connectivity index (χ4n) is 4.97. The maximum atomic E-state index is 6.04. The zero-order chi connectivity index (χ0) is 21.8. The number of thiocarbonyl (C=S) groups is 1. The first-order valence-electron chi connectivity index (χ1n) is 11.8. The van der Waals surface area contributed by atoms with Crippen LogP contribution in [0, 0.1) is 13.8 Å². The van der Waals surface area contributed by atoms with Gasteiger partial charge in [-0.15, -0.1) is 0 Å². The Hall–Kier alpha value is -2.33. The van der Waals surface area contributed by atoms with Crippen LogP contribution in [-0.2, 0) is 13.1 Å². The average Bonchev–Trinajstić information content (AvgIpc) is 2.92. The fraction of sp³-hybridized carbons (Fsp3) is 0.444. The number of anilines is 1. The number of nitrogens with zero attached hydrogens (tertiary/aromatic N) is 2. The van der Waals surface area contributed by atoms with Gasteiger partial charge in [-0.1, -0.05) is 61.6 Å². The van der Waals surface area contributed by atoms with Gasteiger partial charge in [-0.05, 0) is 69.1 Å². The molecule has 3 aromatic rings. The van der Waals surface area contributed by atoms with Crippen LogP contribution >= 0.6 is 12.2 Å². The maximum Gasteiger partial charge on any atom is 0.173 e. The lowest BCUT2D eigenvalue weighted by molar-refractivity contribution is 0.281. The Balaban J connectivity index is 1.65. The molecule has 0 atom stereocenters. The van der Waals surface area contributed by atoms with Gasteiger partial charge in [0.15, 0.2) is 5.11 Å². The van der Waals surface area contributed by atoms with Gasteiger partial charge >= 0.3 is 0 Å². The third-order valence-corrected chi connectivity index (χ3v) is 7.04. The number of nitrogens with one attached hydrogen (secondary N) is 1. The molecular weight excluding hydrogens is 398 g/mol. The van der Waals surface area contributed by atoms with Crippen molar-refractivity contribution >= 4 is 33.9 Å². The summed E-state index contributed by atoms with van der Waals surface area (Å²) in [6.07, 6.45) is 10.1. The van der Waals surface area contributed by atoms with E-state index >= 15 is 0 Å². The van der Waals surface area contributed by atoms with E-state index in [1.54, 1.807) is 0 Å². The Labute approximate surface area is 192 Å². The summed E-state index contributed by atoms with van der Waals surface area (Å²) in [6.45, 7) is 8.34. The molecule has 1 fully saturated rings. The maximum absolute atomic E-state index is 6.04. The largest absolute Gasteiger partial charge is 0.347 e. The van der Waals surface area contributed by atoms with Crippen LogP contribution < -0.4 is 5.32 Å². The van der Waals surface area contributed by atoms with Gasteiger partial charge in [-0.25, -0.2) is 0 Å². The van der Waals surface area contributed by atoms with Crippen molar-refractivity contribution in [2.24, 2.45) is 0 Å². The third kappa shape index (κ3) is 4.95. The van der Waals surface area contributed by atoms with E-state index < -0.39 is 0 Å². The number of rotatable bonds is 5. The predicted molar refractivity (Wildman–Crippen MR) is 137 cm³/mol. The Bertz CT molecular complexity index is 1040. The number of aromatic nitrogens is 1.